The Morgan fingerprint density at radius 1 is 1.52 bits per heavy atom. The average Bonchev–Trinajstić information content (AvgIpc) is 2.85. The number of carbonyl (C=O) groups is 2. The van der Waals surface area contributed by atoms with Crippen LogP contribution in [0.25, 0.3) is 0 Å². The van der Waals surface area contributed by atoms with Crippen LogP contribution < -0.4 is 5.32 Å². The van der Waals surface area contributed by atoms with Crippen molar-refractivity contribution in [2.24, 2.45) is 0 Å². The van der Waals surface area contributed by atoms with Gasteiger partial charge in [0.1, 0.15) is 0 Å². The van der Waals surface area contributed by atoms with E-state index in [-0.39, 0.29) is 18.9 Å². The third-order valence-electron chi connectivity index (χ3n) is 3.72. The molecule has 2 rings (SSSR count). The van der Waals surface area contributed by atoms with Crippen LogP contribution >= 0.6 is 11.6 Å². The summed E-state index contributed by atoms with van der Waals surface area (Å²) in [7, 11) is 0. The van der Waals surface area contributed by atoms with E-state index in [1.807, 2.05) is 6.07 Å². The summed E-state index contributed by atoms with van der Waals surface area (Å²) < 4.78 is 5.27. The third-order valence-corrected chi connectivity index (χ3v) is 3.96. The first-order valence-electron chi connectivity index (χ1n) is 6.79. The zero-order chi connectivity index (χ0) is 15.5. The molecule has 2 atom stereocenters. The number of amides is 1. The quantitative estimate of drug-likeness (QED) is 0.874. The Morgan fingerprint density at radius 2 is 2.29 bits per heavy atom. The van der Waals surface area contributed by atoms with Gasteiger partial charge in [0.2, 0.25) is 5.91 Å². The van der Waals surface area contributed by atoms with Crippen molar-refractivity contribution in [1.82, 2.24) is 5.32 Å². The molecule has 114 valence electrons. The fourth-order valence-electron chi connectivity index (χ4n) is 2.48. The van der Waals surface area contributed by atoms with Crippen LogP contribution in [0.4, 0.5) is 0 Å². The number of carboxylic acid groups (broad SMARTS) is 1. The number of hydrogen-bond donors (Lipinski definition) is 2. The number of nitrogens with one attached hydrogen (secondary N) is 1. The molecule has 5 nitrogen and oxygen atoms in total. The normalized spacial score (nSPS) is 22.8. The number of carbonyl (C=O) groups excluding carboxylic acids is 1. The SMILES string of the molecule is CC(C(=O)NC1(CC(=O)O)CCOC1)c1cccc(Cl)c1. The van der Waals surface area contributed by atoms with Gasteiger partial charge in [-0.1, -0.05) is 23.7 Å². The Kier molecular flexibility index (Phi) is 4.85. The predicted octanol–water partition coefficient (Wildman–Crippen LogP) is 2.19. The van der Waals surface area contributed by atoms with Crippen LogP contribution in [0.1, 0.15) is 31.2 Å². The highest BCUT2D eigenvalue weighted by molar-refractivity contribution is 6.30. The standard InChI is InChI=1S/C15H18ClNO4/c1-10(11-3-2-4-12(16)7-11)14(20)17-15(8-13(18)19)5-6-21-9-15/h2-4,7,10H,5-6,8-9H2,1H3,(H,17,20)(H,18,19). The summed E-state index contributed by atoms with van der Waals surface area (Å²) >= 11 is 5.93. The van der Waals surface area contributed by atoms with Crippen molar-refractivity contribution in [3.05, 3.63) is 34.9 Å². The molecule has 1 aromatic carbocycles. The number of halogens is 1. The van der Waals surface area contributed by atoms with Gasteiger partial charge in [0.15, 0.2) is 0 Å². The molecule has 6 heteroatoms. The van der Waals surface area contributed by atoms with E-state index in [2.05, 4.69) is 5.32 Å². The molecule has 0 radical (unpaired) electrons. The molecule has 1 amide bonds. The summed E-state index contributed by atoms with van der Waals surface area (Å²) in [5.74, 6) is -1.57. The number of rotatable bonds is 5. The zero-order valence-corrected chi connectivity index (χ0v) is 12.5. The summed E-state index contributed by atoms with van der Waals surface area (Å²) in [6.07, 6.45) is 0.369. The lowest BCUT2D eigenvalue weighted by Crippen LogP contribution is -2.51. The number of carboxylic acids is 1. The molecule has 1 fully saturated rings. The summed E-state index contributed by atoms with van der Waals surface area (Å²) in [6.45, 7) is 2.46. The Balaban J connectivity index is 2.10. The van der Waals surface area contributed by atoms with Gasteiger partial charge in [0, 0.05) is 11.6 Å². The maximum absolute atomic E-state index is 12.4. The van der Waals surface area contributed by atoms with Crippen molar-refractivity contribution in [2.45, 2.75) is 31.2 Å². The Morgan fingerprint density at radius 3 is 2.86 bits per heavy atom. The molecule has 2 N–H and O–H groups in total. The molecular weight excluding hydrogens is 294 g/mol. The van der Waals surface area contributed by atoms with E-state index in [1.54, 1.807) is 25.1 Å². The first-order valence-corrected chi connectivity index (χ1v) is 7.17. The average molecular weight is 312 g/mol. The lowest BCUT2D eigenvalue weighted by molar-refractivity contribution is -0.139. The van der Waals surface area contributed by atoms with Gasteiger partial charge in [-0.05, 0) is 31.0 Å². The van der Waals surface area contributed by atoms with Crippen molar-refractivity contribution < 1.29 is 19.4 Å². The van der Waals surface area contributed by atoms with Crippen molar-refractivity contribution in [1.29, 1.82) is 0 Å². The molecule has 1 aromatic rings. The van der Waals surface area contributed by atoms with Gasteiger partial charge < -0.3 is 15.2 Å². The molecule has 1 aliphatic heterocycles. The second kappa shape index (κ2) is 6.45. The molecule has 1 aliphatic rings. The van der Waals surface area contributed by atoms with Gasteiger partial charge in [-0.25, -0.2) is 0 Å². The molecule has 1 saturated heterocycles. The highest BCUT2D eigenvalue weighted by Crippen LogP contribution is 2.25. The van der Waals surface area contributed by atoms with Crippen molar-refractivity contribution in [3.63, 3.8) is 0 Å². The van der Waals surface area contributed by atoms with Crippen LogP contribution in [-0.4, -0.2) is 35.7 Å². The summed E-state index contributed by atoms with van der Waals surface area (Å²) in [4.78, 5) is 23.4. The largest absolute Gasteiger partial charge is 0.481 e. The van der Waals surface area contributed by atoms with Crippen LogP contribution in [-0.2, 0) is 14.3 Å². The molecule has 0 spiro atoms. The molecule has 0 bridgehead atoms. The fraction of sp³-hybridized carbons (Fsp3) is 0.467. The third kappa shape index (κ3) is 3.95. The predicted molar refractivity (Wildman–Crippen MR) is 78.4 cm³/mol. The van der Waals surface area contributed by atoms with Crippen LogP contribution in [0.15, 0.2) is 24.3 Å². The Labute approximate surface area is 128 Å². The van der Waals surface area contributed by atoms with Crippen molar-refractivity contribution in [3.8, 4) is 0 Å². The highest BCUT2D eigenvalue weighted by atomic mass is 35.5. The maximum Gasteiger partial charge on any atom is 0.305 e. The lowest BCUT2D eigenvalue weighted by Gasteiger charge is -2.28. The number of ether oxygens (including phenoxy) is 1. The first kappa shape index (κ1) is 15.8. The van der Waals surface area contributed by atoms with Crippen LogP contribution in [0.2, 0.25) is 5.02 Å². The van der Waals surface area contributed by atoms with Gasteiger partial charge in [0.25, 0.3) is 0 Å². The first-order chi connectivity index (χ1) is 9.92. The fourth-order valence-corrected chi connectivity index (χ4v) is 2.67. The molecule has 21 heavy (non-hydrogen) atoms. The van der Waals surface area contributed by atoms with Gasteiger partial charge in [-0.15, -0.1) is 0 Å². The minimum absolute atomic E-state index is 0.138. The summed E-state index contributed by atoms with van der Waals surface area (Å²) in [5.41, 5.74) is -0.0140. The minimum Gasteiger partial charge on any atom is -0.481 e. The van der Waals surface area contributed by atoms with Crippen molar-refractivity contribution in [2.75, 3.05) is 13.2 Å². The van der Waals surface area contributed by atoms with Gasteiger partial charge in [-0.3, -0.25) is 9.59 Å². The number of aliphatic carboxylic acids is 1. The van der Waals surface area contributed by atoms with E-state index in [4.69, 9.17) is 21.4 Å². The Hall–Kier alpha value is -1.59. The maximum atomic E-state index is 12.4. The summed E-state index contributed by atoms with van der Waals surface area (Å²) in [5, 5.41) is 12.4. The number of benzene rings is 1. The van der Waals surface area contributed by atoms with Gasteiger partial charge >= 0.3 is 5.97 Å². The highest BCUT2D eigenvalue weighted by Gasteiger charge is 2.39. The zero-order valence-electron chi connectivity index (χ0n) is 11.8. The topological polar surface area (TPSA) is 75.6 Å². The van der Waals surface area contributed by atoms with Crippen LogP contribution in [0, 0.1) is 0 Å². The van der Waals surface area contributed by atoms with Crippen LogP contribution in [0.5, 0.6) is 0 Å². The molecule has 0 aliphatic carbocycles. The van der Waals surface area contributed by atoms with Gasteiger partial charge in [-0.2, -0.15) is 0 Å². The molecule has 0 saturated carbocycles. The second-order valence-corrected chi connectivity index (χ2v) is 5.86. The lowest BCUT2D eigenvalue weighted by atomic mass is 9.92. The van der Waals surface area contributed by atoms with E-state index >= 15 is 0 Å². The summed E-state index contributed by atoms with van der Waals surface area (Å²) in [6, 6.07) is 7.09. The van der Waals surface area contributed by atoms with E-state index in [0.29, 0.717) is 18.1 Å². The van der Waals surface area contributed by atoms with Crippen LogP contribution in [0.3, 0.4) is 0 Å². The van der Waals surface area contributed by atoms with Crippen molar-refractivity contribution >= 4 is 23.5 Å². The molecule has 0 aromatic heterocycles. The van der Waals surface area contributed by atoms with E-state index in [1.165, 1.54) is 0 Å². The monoisotopic (exact) mass is 311 g/mol. The smallest absolute Gasteiger partial charge is 0.305 e. The molecular formula is C15H18ClNO4. The second-order valence-electron chi connectivity index (χ2n) is 5.42. The van der Waals surface area contributed by atoms with Gasteiger partial charge in [0.05, 0.1) is 24.5 Å². The van der Waals surface area contributed by atoms with E-state index in [9.17, 15) is 9.59 Å². The Bertz CT molecular complexity index is 540. The van der Waals surface area contributed by atoms with E-state index in [0.717, 1.165) is 5.56 Å². The minimum atomic E-state index is -0.948. The number of hydrogen-bond acceptors (Lipinski definition) is 3. The molecule has 2 unspecified atom stereocenters. The van der Waals surface area contributed by atoms with E-state index < -0.39 is 17.4 Å². The molecule has 1 heterocycles.